The smallest absolute Gasteiger partial charge is 0.123 e. The number of nitrogen functional groups attached to an aromatic ring is 1. The Bertz CT molecular complexity index is 266. The van der Waals surface area contributed by atoms with Gasteiger partial charge >= 0.3 is 0 Å². The molecule has 0 radical (unpaired) electrons. The third-order valence-electron chi connectivity index (χ3n) is 2.11. The maximum Gasteiger partial charge on any atom is 0.123 e. The van der Waals surface area contributed by atoms with Crippen molar-refractivity contribution in [1.29, 1.82) is 0 Å². The van der Waals surface area contributed by atoms with Crippen molar-refractivity contribution in [1.82, 2.24) is 4.98 Å². The summed E-state index contributed by atoms with van der Waals surface area (Å²) < 4.78 is 11.8. The number of hydrogen-bond acceptors (Lipinski definition) is 2. The number of nitrogens with two attached hydrogens (primary N) is 1. The van der Waals surface area contributed by atoms with Gasteiger partial charge in [-0.05, 0) is 43.9 Å². The van der Waals surface area contributed by atoms with E-state index in [1.165, 1.54) is 0 Å². The first-order valence-electron chi connectivity index (χ1n) is 5.01. The van der Waals surface area contributed by atoms with Gasteiger partial charge in [-0.2, -0.15) is 0 Å². The lowest BCUT2D eigenvalue weighted by molar-refractivity contribution is 0.456. The number of alkyl halides is 1. The van der Waals surface area contributed by atoms with Crippen LogP contribution in [-0.4, -0.2) is 11.7 Å². The highest BCUT2D eigenvalue weighted by Crippen LogP contribution is 2.09. The van der Waals surface area contributed by atoms with Gasteiger partial charge in [0, 0.05) is 5.69 Å². The SMILES string of the molecule is Cc1cc(N)nc(CCCCCF)c1. The predicted octanol–water partition coefficient (Wildman–Crippen LogP) is 2.65. The highest BCUT2D eigenvalue weighted by molar-refractivity contribution is 5.34. The molecule has 0 bridgehead atoms. The molecule has 78 valence electrons. The first kappa shape index (κ1) is 11.0. The van der Waals surface area contributed by atoms with E-state index in [2.05, 4.69) is 4.98 Å². The van der Waals surface area contributed by atoms with Crippen molar-refractivity contribution in [3.8, 4) is 0 Å². The molecule has 0 unspecified atom stereocenters. The van der Waals surface area contributed by atoms with Gasteiger partial charge in [-0.15, -0.1) is 0 Å². The zero-order valence-corrected chi connectivity index (χ0v) is 8.59. The van der Waals surface area contributed by atoms with Gasteiger partial charge in [0.1, 0.15) is 5.82 Å². The first-order valence-corrected chi connectivity index (χ1v) is 5.01. The van der Waals surface area contributed by atoms with Crippen LogP contribution in [0.2, 0.25) is 0 Å². The summed E-state index contributed by atoms with van der Waals surface area (Å²) in [5.41, 5.74) is 7.77. The van der Waals surface area contributed by atoms with Crippen molar-refractivity contribution < 1.29 is 4.39 Å². The Kier molecular flexibility index (Phi) is 4.36. The summed E-state index contributed by atoms with van der Waals surface area (Å²) in [7, 11) is 0. The fraction of sp³-hybridized carbons (Fsp3) is 0.545. The molecule has 2 N–H and O–H groups in total. The fourth-order valence-electron chi connectivity index (χ4n) is 1.47. The number of unbranched alkanes of at least 4 members (excludes halogenated alkanes) is 2. The number of rotatable bonds is 5. The molecule has 1 heterocycles. The number of nitrogens with zero attached hydrogens (tertiary/aromatic N) is 1. The lowest BCUT2D eigenvalue weighted by Gasteiger charge is -2.03. The molecule has 0 atom stereocenters. The summed E-state index contributed by atoms with van der Waals surface area (Å²) in [6.07, 6.45) is 3.46. The molecule has 1 rings (SSSR count). The molecule has 2 nitrogen and oxygen atoms in total. The van der Waals surface area contributed by atoms with Gasteiger partial charge in [0.15, 0.2) is 0 Å². The van der Waals surface area contributed by atoms with E-state index < -0.39 is 0 Å². The van der Waals surface area contributed by atoms with Crippen LogP contribution >= 0.6 is 0 Å². The van der Waals surface area contributed by atoms with E-state index in [4.69, 9.17) is 5.73 Å². The number of halogens is 1. The van der Waals surface area contributed by atoms with E-state index >= 15 is 0 Å². The summed E-state index contributed by atoms with van der Waals surface area (Å²) >= 11 is 0. The van der Waals surface area contributed by atoms with Crippen LogP contribution in [-0.2, 0) is 6.42 Å². The van der Waals surface area contributed by atoms with E-state index in [0.29, 0.717) is 12.2 Å². The highest BCUT2D eigenvalue weighted by atomic mass is 19.1. The second-order valence-electron chi connectivity index (χ2n) is 3.56. The second-order valence-corrected chi connectivity index (χ2v) is 3.56. The summed E-state index contributed by atoms with van der Waals surface area (Å²) in [4.78, 5) is 4.22. The van der Waals surface area contributed by atoms with Gasteiger partial charge in [0.05, 0.1) is 6.67 Å². The zero-order chi connectivity index (χ0) is 10.4. The maximum atomic E-state index is 11.8. The minimum Gasteiger partial charge on any atom is -0.384 e. The quantitative estimate of drug-likeness (QED) is 0.735. The Labute approximate surface area is 84.3 Å². The lowest BCUT2D eigenvalue weighted by atomic mass is 10.1. The predicted molar refractivity (Wildman–Crippen MR) is 56.9 cm³/mol. The Morgan fingerprint density at radius 2 is 2.07 bits per heavy atom. The summed E-state index contributed by atoms with van der Waals surface area (Å²) in [5, 5.41) is 0. The minimum absolute atomic E-state index is 0.219. The molecule has 0 aliphatic carbocycles. The molecular formula is C11H17FN2. The van der Waals surface area contributed by atoms with Crippen LogP contribution in [0, 0.1) is 6.92 Å². The fourth-order valence-corrected chi connectivity index (χ4v) is 1.47. The number of anilines is 1. The van der Waals surface area contributed by atoms with Crippen molar-refractivity contribution in [2.75, 3.05) is 12.4 Å². The molecule has 0 fully saturated rings. The van der Waals surface area contributed by atoms with Crippen LogP contribution in [0.25, 0.3) is 0 Å². The van der Waals surface area contributed by atoms with Crippen LogP contribution in [0.1, 0.15) is 30.5 Å². The number of aromatic nitrogens is 1. The molecule has 1 aromatic rings. The normalized spacial score (nSPS) is 10.4. The maximum absolute atomic E-state index is 11.8. The van der Waals surface area contributed by atoms with Crippen molar-refractivity contribution >= 4 is 5.82 Å². The Morgan fingerprint density at radius 3 is 2.71 bits per heavy atom. The number of hydrogen-bond donors (Lipinski definition) is 1. The molecule has 0 spiro atoms. The first-order chi connectivity index (χ1) is 6.72. The molecule has 0 amide bonds. The molecule has 0 saturated carbocycles. The minimum atomic E-state index is -0.219. The summed E-state index contributed by atoms with van der Waals surface area (Å²) in [5.74, 6) is 0.575. The number of pyridine rings is 1. The molecular weight excluding hydrogens is 179 g/mol. The van der Waals surface area contributed by atoms with Crippen molar-refractivity contribution in [2.45, 2.75) is 32.6 Å². The average Bonchev–Trinajstić information content (AvgIpc) is 2.11. The largest absolute Gasteiger partial charge is 0.384 e. The third-order valence-corrected chi connectivity index (χ3v) is 2.11. The molecule has 0 saturated heterocycles. The van der Waals surface area contributed by atoms with Crippen LogP contribution < -0.4 is 5.73 Å². The van der Waals surface area contributed by atoms with Crippen LogP contribution in [0.15, 0.2) is 12.1 Å². The van der Waals surface area contributed by atoms with Crippen molar-refractivity contribution in [2.24, 2.45) is 0 Å². The Hall–Kier alpha value is -1.12. The molecule has 0 aromatic carbocycles. The van der Waals surface area contributed by atoms with Gasteiger partial charge in [0.25, 0.3) is 0 Å². The lowest BCUT2D eigenvalue weighted by Crippen LogP contribution is -1.97. The average molecular weight is 196 g/mol. The molecule has 0 aliphatic rings. The van der Waals surface area contributed by atoms with Gasteiger partial charge in [0.2, 0.25) is 0 Å². The topological polar surface area (TPSA) is 38.9 Å². The number of aryl methyl sites for hydroxylation is 2. The van der Waals surface area contributed by atoms with E-state index in [0.717, 1.165) is 30.5 Å². The second kappa shape index (κ2) is 5.58. The van der Waals surface area contributed by atoms with E-state index in [9.17, 15) is 4.39 Å². The summed E-state index contributed by atoms with van der Waals surface area (Å²) in [6, 6.07) is 3.89. The highest BCUT2D eigenvalue weighted by Gasteiger charge is 1.98. The summed E-state index contributed by atoms with van der Waals surface area (Å²) in [6.45, 7) is 1.78. The van der Waals surface area contributed by atoms with Gasteiger partial charge < -0.3 is 5.73 Å². The Morgan fingerprint density at radius 1 is 1.29 bits per heavy atom. The molecule has 14 heavy (non-hydrogen) atoms. The zero-order valence-electron chi connectivity index (χ0n) is 8.59. The van der Waals surface area contributed by atoms with Gasteiger partial charge in [-0.25, -0.2) is 4.98 Å². The molecule has 0 aliphatic heterocycles. The van der Waals surface area contributed by atoms with Gasteiger partial charge in [-0.3, -0.25) is 4.39 Å². The third kappa shape index (κ3) is 3.73. The monoisotopic (exact) mass is 196 g/mol. The molecule has 1 aromatic heterocycles. The van der Waals surface area contributed by atoms with Gasteiger partial charge in [-0.1, -0.05) is 6.42 Å². The van der Waals surface area contributed by atoms with Crippen LogP contribution in [0.4, 0.5) is 10.2 Å². The van der Waals surface area contributed by atoms with Crippen molar-refractivity contribution in [3.63, 3.8) is 0 Å². The van der Waals surface area contributed by atoms with Crippen molar-refractivity contribution in [3.05, 3.63) is 23.4 Å². The molecule has 3 heteroatoms. The Balaban J connectivity index is 2.42. The van der Waals surface area contributed by atoms with Crippen LogP contribution in [0.3, 0.4) is 0 Å². The standard InChI is InChI=1S/C11H17FN2/c1-9-7-10(14-11(13)8-9)5-3-2-4-6-12/h7-8H,2-6H2,1H3,(H2,13,14). The van der Waals surface area contributed by atoms with E-state index in [1.54, 1.807) is 0 Å². The van der Waals surface area contributed by atoms with E-state index in [-0.39, 0.29) is 6.67 Å². The van der Waals surface area contributed by atoms with Crippen LogP contribution in [0.5, 0.6) is 0 Å². The van der Waals surface area contributed by atoms with E-state index in [1.807, 2.05) is 19.1 Å².